The van der Waals surface area contributed by atoms with Gasteiger partial charge in [-0.15, -0.1) is 0 Å². The molecule has 1 aromatic carbocycles. The van der Waals surface area contributed by atoms with E-state index in [0.29, 0.717) is 5.96 Å². The van der Waals surface area contributed by atoms with Crippen molar-refractivity contribution in [3.05, 3.63) is 30.3 Å². The van der Waals surface area contributed by atoms with Crippen LogP contribution in [0.5, 0.6) is 0 Å². The number of carbonyl (C=O) groups is 1. The molecule has 0 aromatic heterocycles. The van der Waals surface area contributed by atoms with Crippen LogP contribution in [0.15, 0.2) is 40.3 Å². The lowest BCUT2D eigenvalue weighted by molar-refractivity contribution is -0.112. The number of carbonyl (C=O) groups excluding carboxylic acids is 1. The molecule has 0 aliphatic carbocycles. The van der Waals surface area contributed by atoms with Crippen molar-refractivity contribution < 1.29 is 4.79 Å². The van der Waals surface area contributed by atoms with E-state index in [2.05, 4.69) is 15.3 Å². The van der Waals surface area contributed by atoms with Crippen molar-refractivity contribution >= 4 is 23.8 Å². The zero-order valence-corrected chi connectivity index (χ0v) is 6.77. The molecule has 0 fully saturated rings. The molecule has 0 spiro atoms. The number of amides is 1. The number of rotatable bonds is 1. The number of para-hydroxylation sites is 1. The highest BCUT2D eigenvalue weighted by Crippen LogP contribution is 2.10. The van der Waals surface area contributed by atoms with E-state index in [-0.39, 0.29) is 5.91 Å². The van der Waals surface area contributed by atoms with Crippen LogP contribution in [-0.2, 0) is 4.79 Å². The van der Waals surface area contributed by atoms with Crippen LogP contribution in [0.2, 0.25) is 0 Å². The number of benzene rings is 1. The predicted octanol–water partition coefficient (Wildman–Crippen LogP) is 0.875. The lowest BCUT2D eigenvalue weighted by atomic mass is 10.3. The fourth-order valence-electron chi connectivity index (χ4n) is 0.976. The van der Waals surface area contributed by atoms with Gasteiger partial charge < -0.3 is 0 Å². The summed E-state index contributed by atoms with van der Waals surface area (Å²) in [6.07, 6.45) is 1.21. The Morgan fingerprint density at radius 1 is 1.23 bits per heavy atom. The maximum atomic E-state index is 10.7. The van der Waals surface area contributed by atoms with Gasteiger partial charge >= 0.3 is 0 Å². The molecule has 1 N–H and O–H groups in total. The Hall–Kier alpha value is -1.97. The fourth-order valence-corrected chi connectivity index (χ4v) is 0.976. The van der Waals surface area contributed by atoms with E-state index < -0.39 is 0 Å². The average molecular weight is 173 g/mol. The van der Waals surface area contributed by atoms with Gasteiger partial charge in [0.05, 0.1) is 11.9 Å². The second-order valence-corrected chi connectivity index (χ2v) is 2.52. The first-order valence-corrected chi connectivity index (χ1v) is 3.83. The molecule has 4 nitrogen and oxygen atoms in total. The minimum Gasteiger partial charge on any atom is -0.290 e. The van der Waals surface area contributed by atoms with Gasteiger partial charge in [-0.1, -0.05) is 18.2 Å². The number of nitrogens with zero attached hydrogens (tertiary/aromatic N) is 2. The summed E-state index contributed by atoms with van der Waals surface area (Å²) < 4.78 is 0. The Morgan fingerprint density at radius 3 is 2.62 bits per heavy atom. The Kier molecular flexibility index (Phi) is 1.88. The third-order valence-electron chi connectivity index (χ3n) is 1.53. The molecular formula is C9H7N3O. The monoisotopic (exact) mass is 173 g/mol. The van der Waals surface area contributed by atoms with Crippen LogP contribution in [0.25, 0.3) is 0 Å². The minimum absolute atomic E-state index is 0.227. The van der Waals surface area contributed by atoms with Crippen molar-refractivity contribution in [3.8, 4) is 0 Å². The van der Waals surface area contributed by atoms with Crippen molar-refractivity contribution in [3.63, 3.8) is 0 Å². The number of nitrogens with one attached hydrogen (secondary N) is 1. The topological polar surface area (TPSA) is 53.8 Å². The molecule has 0 unspecified atom stereocenters. The first-order chi connectivity index (χ1) is 6.34. The molecule has 1 aliphatic heterocycles. The van der Waals surface area contributed by atoms with Gasteiger partial charge in [-0.05, 0) is 12.1 Å². The summed E-state index contributed by atoms with van der Waals surface area (Å²) in [5.74, 6) is 0.117. The summed E-state index contributed by atoms with van der Waals surface area (Å²) in [6.45, 7) is 0. The number of aliphatic imine (C=N–C) groups is 2. The van der Waals surface area contributed by atoms with Gasteiger partial charge in [0.1, 0.15) is 0 Å². The quantitative estimate of drug-likeness (QED) is 0.673. The van der Waals surface area contributed by atoms with Crippen molar-refractivity contribution in [1.82, 2.24) is 5.32 Å². The molecule has 1 amide bonds. The summed E-state index contributed by atoms with van der Waals surface area (Å²) in [5.41, 5.74) is 0.775. The first kappa shape index (κ1) is 7.67. The normalized spacial score (nSPS) is 17.8. The highest BCUT2D eigenvalue weighted by Gasteiger charge is 2.08. The van der Waals surface area contributed by atoms with Crippen molar-refractivity contribution in [2.24, 2.45) is 9.98 Å². The van der Waals surface area contributed by atoms with E-state index in [1.807, 2.05) is 30.3 Å². The van der Waals surface area contributed by atoms with Gasteiger partial charge in [0, 0.05) is 0 Å². The highest BCUT2D eigenvalue weighted by atomic mass is 16.2. The van der Waals surface area contributed by atoms with Crippen LogP contribution >= 0.6 is 0 Å². The highest BCUT2D eigenvalue weighted by molar-refractivity contribution is 6.36. The van der Waals surface area contributed by atoms with Crippen molar-refractivity contribution in [2.75, 3.05) is 0 Å². The van der Waals surface area contributed by atoms with E-state index in [1.165, 1.54) is 6.21 Å². The standard InChI is InChI=1S/C9H7N3O/c13-8-6-10-9(12-8)11-7-4-2-1-3-5-7/h1-6H,(H,11,12,13). The fraction of sp³-hybridized carbons (Fsp3) is 0. The molecular weight excluding hydrogens is 166 g/mol. The number of hydrogen-bond donors (Lipinski definition) is 1. The van der Waals surface area contributed by atoms with Gasteiger partial charge in [0.25, 0.3) is 5.91 Å². The Labute approximate surface area is 75.0 Å². The zero-order valence-electron chi connectivity index (χ0n) is 6.77. The second-order valence-electron chi connectivity index (χ2n) is 2.52. The lowest BCUT2D eigenvalue weighted by Crippen LogP contribution is -2.21. The van der Waals surface area contributed by atoms with Crippen molar-refractivity contribution in [2.45, 2.75) is 0 Å². The Morgan fingerprint density at radius 2 is 2.00 bits per heavy atom. The molecule has 1 aliphatic rings. The molecule has 0 radical (unpaired) electrons. The molecule has 0 atom stereocenters. The van der Waals surface area contributed by atoms with E-state index in [9.17, 15) is 4.79 Å². The number of hydrogen-bond acceptors (Lipinski definition) is 2. The summed E-state index contributed by atoms with van der Waals surface area (Å²) >= 11 is 0. The lowest BCUT2D eigenvalue weighted by Gasteiger charge is -1.94. The summed E-state index contributed by atoms with van der Waals surface area (Å²) in [4.78, 5) is 18.6. The smallest absolute Gasteiger partial charge is 0.269 e. The largest absolute Gasteiger partial charge is 0.290 e. The molecule has 64 valence electrons. The van der Waals surface area contributed by atoms with Crippen LogP contribution in [-0.4, -0.2) is 18.1 Å². The molecule has 0 saturated carbocycles. The molecule has 0 bridgehead atoms. The molecule has 2 rings (SSSR count). The maximum Gasteiger partial charge on any atom is 0.269 e. The summed E-state index contributed by atoms with van der Waals surface area (Å²) in [5, 5.41) is 2.49. The first-order valence-electron chi connectivity index (χ1n) is 3.83. The minimum atomic E-state index is -0.227. The SMILES string of the molecule is O=C1C=NC(=Nc2ccccc2)N1. The van der Waals surface area contributed by atoms with Crippen LogP contribution in [0.1, 0.15) is 0 Å². The van der Waals surface area contributed by atoms with Gasteiger partial charge in [-0.25, -0.2) is 9.98 Å². The van der Waals surface area contributed by atoms with Crippen LogP contribution in [0.3, 0.4) is 0 Å². The van der Waals surface area contributed by atoms with Gasteiger partial charge in [-0.3, -0.25) is 10.1 Å². The maximum absolute atomic E-state index is 10.7. The second kappa shape index (κ2) is 3.18. The van der Waals surface area contributed by atoms with Crippen molar-refractivity contribution in [1.29, 1.82) is 0 Å². The van der Waals surface area contributed by atoms with Gasteiger partial charge in [0.15, 0.2) is 0 Å². The third-order valence-corrected chi connectivity index (χ3v) is 1.53. The van der Waals surface area contributed by atoms with Gasteiger partial charge in [0.2, 0.25) is 5.96 Å². The Balaban J connectivity index is 2.23. The van der Waals surface area contributed by atoms with E-state index in [0.717, 1.165) is 5.69 Å². The van der Waals surface area contributed by atoms with Crippen LogP contribution in [0, 0.1) is 0 Å². The third kappa shape index (κ3) is 1.79. The number of guanidine groups is 1. The van der Waals surface area contributed by atoms with E-state index in [4.69, 9.17) is 0 Å². The molecule has 1 aromatic rings. The Bertz CT molecular complexity index is 381. The van der Waals surface area contributed by atoms with Gasteiger partial charge in [-0.2, -0.15) is 0 Å². The molecule has 13 heavy (non-hydrogen) atoms. The zero-order chi connectivity index (χ0) is 9.10. The molecule has 0 saturated heterocycles. The van der Waals surface area contributed by atoms with Crippen LogP contribution < -0.4 is 5.32 Å². The van der Waals surface area contributed by atoms with E-state index >= 15 is 0 Å². The average Bonchev–Trinajstić information content (AvgIpc) is 2.53. The molecule has 4 heteroatoms. The molecule has 1 heterocycles. The van der Waals surface area contributed by atoms with E-state index in [1.54, 1.807) is 0 Å². The van der Waals surface area contributed by atoms with Crippen LogP contribution in [0.4, 0.5) is 5.69 Å². The summed E-state index contributed by atoms with van der Waals surface area (Å²) in [6, 6.07) is 9.33. The summed E-state index contributed by atoms with van der Waals surface area (Å²) in [7, 11) is 0. The predicted molar refractivity (Wildman–Crippen MR) is 50.2 cm³/mol.